The fraction of sp³-hybridized carbons (Fsp3) is 0.545. The maximum Gasteiger partial charge on any atom is 0.307 e. The summed E-state index contributed by atoms with van der Waals surface area (Å²) in [5.74, 6) is -4.91. The monoisotopic (exact) mass is 246 g/mol. The van der Waals surface area contributed by atoms with Gasteiger partial charge in [0.2, 0.25) is 5.92 Å². The maximum atomic E-state index is 13.3. The summed E-state index contributed by atoms with van der Waals surface area (Å²) in [6, 6.07) is 1.74. The zero-order valence-corrected chi connectivity index (χ0v) is 9.34. The Morgan fingerprint density at radius 3 is 2.88 bits per heavy atom. The molecule has 0 unspecified atom stereocenters. The zero-order chi connectivity index (χ0) is 11.8. The van der Waals surface area contributed by atoms with Gasteiger partial charge in [0.25, 0.3) is 0 Å². The third-order valence-electron chi connectivity index (χ3n) is 3.11. The van der Waals surface area contributed by atoms with Crippen LogP contribution < -0.4 is 0 Å². The number of carboxylic acid groups (broad SMARTS) is 1. The van der Waals surface area contributed by atoms with Gasteiger partial charge in [0.15, 0.2) is 0 Å². The average Bonchev–Trinajstić information content (AvgIpc) is 2.68. The summed E-state index contributed by atoms with van der Waals surface area (Å²) in [4.78, 5) is 11.0. The van der Waals surface area contributed by atoms with Crippen LogP contribution in [0.25, 0.3) is 0 Å². The standard InChI is InChI=1S/C11H12F2O2S/c12-11(13)3-1-8(10(14)15)9(5-11)7-2-4-16-6-7/h2,4,6,8-9H,1,3,5H2,(H,14,15)/t8-,9+/m0/s1. The Hall–Kier alpha value is -0.970. The van der Waals surface area contributed by atoms with Crippen molar-refractivity contribution in [3.8, 4) is 0 Å². The molecule has 0 aromatic carbocycles. The summed E-state index contributed by atoms with van der Waals surface area (Å²) in [7, 11) is 0. The van der Waals surface area contributed by atoms with E-state index in [9.17, 15) is 13.6 Å². The minimum Gasteiger partial charge on any atom is -0.481 e. The predicted molar refractivity (Wildman–Crippen MR) is 57.0 cm³/mol. The Morgan fingerprint density at radius 2 is 2.31 bits per heavy atom. The SMILES string of the molecule is O=C(O)[C@H]1CCC(F)(F)C[C@@H]1c1ccsc1. The molecule has 1 heterocycles. The summed E-state index contributed by atoms with van der Waals surface area (Å²) in [5, 5.41) is 12.6. The molecule has 1 N–H and O–H groups in total. The molecule has 5 heteroatoms. The third kappa shape index (κ3) is 2.24. The van der Waals surface area contributed by atoms with Crippen LogP contribution in [0.2, 0.25) is 0 Å². The largest absolute Gasteiger partial charge is 0.481 e. The molecule has 0 bridgehead atoms. The van der Waals surface area contributed by atoms with Crippen LogP contribution in [0.1, 0.15) is 30.7 Å². The van der Waals surface area contributed by atoms with Crippen LogP contribution in [-0.4, -0.2) is 17.0 Å². The summed E-state index contributed by atoms with van der Waals surface area (Å²) >= 11 is 1.41. The lowest BCUT2D eigenvalue weighted by Crippen LogP contribution is -2.34. The van der Waals surface area contributed by atoms with Crippen molar-refractivity contribution in [3.63, 3.8) is 0 Å². The van der Waals surface area contributed by atoms with Crippen molar-refractivity contribution in [2.75, 3.05) is 0 Å². The maximum absolute atomic E-state index is 13.3. The van der Waals surface area contributed by atoms with Crippen molar-refractivity contribution in [2.24, 2.45) is 5.92 Å². The molecule has 1 aromatic heterocycles. The lowest BCUT2D eigenvalue weighted by molar-refractivity contribution is -0.147. The molecule has 0 amide bonds. The molecule has 2 atom stereocenters. The molecule has 2 nitrogen and oxygen atoms in total. The van der Waals surface area contributed by atoms with Crippen LogP contribution in [0.4, 0.5) is 8.78 Å². The van der Waals surface area contributed by atoms with E-state index in [0.29, 0.717) is 0 Å². The van der Waals surface area contributed by atoms with E-state index in [2.05, 4.69) is 0 Å². The van der Waals surface area contributed by atoms with Crippen molar-refractivity contribution >= 4 is 17.3 Å². The Bertz CT molecular complexity index is 375. The second kappa shape index (κ2) is 4.13. The number of carboxylic acids is 1. The average molecular weight is 246 g/mol. The van der Waals surface area contributed by atoms with Gasteiger partial charge in [-0.05, 0) is 28.8 Å². The first-order chi connectivity index (χ1) is 7.49. The van der Waals surface area contributed by atoms with Gasteiger partial charge in [0.1, 0.15) is 0 Å². The van der Waals surface area contributed by atoms with Gasteiger partial charge < -0.3 is 5.11 Å². The van der Waals surface area contributed by atoms with E-state index in [1.54, 1.807) is 16.8 Å². The number of carbonyl (C=O) groups is 1. The smallest absolute Gasteiger partial charge is 0.307 e. The van der Waals surface area contributed by atoms with Gasteiger partial charge in [-0.3, -0.25) is 4.79 Å². The minimum atomic E-state index is -2.72. The van der Waals surface area contributed by atoms with E-state index in [-0.39, 0.29) is 19.3 Å². The van der Waals surface area contributed by atoms with E-state index in [0.717, 1.165) is 5.56 Å². The minimum absolute atomic E-state index is 0.0584. The van der Waals surface area contributed by atoms with Crippen LogP contribution in [0.15, 0.2) is 16.8 Å². The Kier molecular flexibility index (Phi) is 2.97. The van der Waals surface area contributed by atoms with Crippen molar-refractivity contribution in [1.29, 1.82) is 0 Å². The third-order valence-corrected chi connectivity index (χ3v) is 3.82. The second-order valence-corrected chi connectivity index (χ2v) is 4.99. The van der Waals surface area contributed by atoms with E-state index in [4.69, 9.17) is 5.11 Å². The van der Waals surface area contributed by atoms with Gasteiger partial charge in [0.05, 0.1) is 5.92 Å². The molecule has 0 radical (unpaired) electrons. The molecule has 0 saturated heterocycles. The number of thiophene rings is 1. The molecule has 1 aromatic rings. The first kappa shape index (κ1) is 11.5. The van der Waals surface area contributed by atoms with Gasteiger partial charge in [-0.15, -0.1) is 0 Å². The summed E-state index contributed by atoms with van der Waals surface area (Å²) in [6.45, 7) is 0. The quantitative estimate of drug-likeness (QED) is 0.868. The molecule has 88 valence electrons. The first-order valence-corrected chi connectivity index (χ1v) is 6.06. The highest BCUT2D eigenvalue weighted by Crippen LogP contribution is 2.45. The number of hydrogen-bond donors (Lipinski definition) is 1. The van der Waals surface area contributed by atoms with Crippen molar-refractivity contribution < 1.29 is 18.7 Å². The van der Waals surface area contributed by atoms with Crippen molar-refractivity contribution in [1.82, 2.24) is 0 Å². The Labute approximate surface area is 95.9 Å². The lowest BCUT2D eigenvalue weighted by Gasteiger charge is -2.33. The summed E-state index contributed by atoms with van der Waals surface area (Å²) in [6.07, 6.45) is -0.603. The highest BCUT2D eigenvalue weighted by Gasteiger charge is 2.44. The first-order valence-electron chi connectivity index (χ1n) is 5.12. The zero-order valence-electron chi connectivity index (χ0n) is 8.53. The molecular weight excluding hydrogens is 234 g/mol. The van der Waals surface area contributed by atoms with Gasteiger partial charge in [0, 0.05) is 18.8 Å². The van der Waals surface area contributed by atoms with Gasteiger partial charge >= 0.3 is 5.97 Å². The highest BCUT2D eigenvalue weighted by atomic mass is 32.1. The van der Waals surface area contributed by atoms with Crippen molar-refractivity contribution in [3.05, 3.63) is 22.4 Å². The fourth-order valence-corrected chi connectivity index (χ4v) is 2.99. The van der Waals surface area contributed by atoms with Gasteiger partial charge in [-0.25, -0.2) is 8.78 Å². The predicted octanol–water partition coefficient (Wildman–Crippen LogP) is 3.35. The molecule has 0 aliphatic heterocycles. The Balaban J connectivity index is 2.25. The molecule has 1 aliphatic carbocycles. The van der Waals surface area contributed by atoms with Gasteiger partial charge in [-0.1, -0.05) is 0 Å². The van der Waals surface area contributed by atoms with Crippen LogP contribution in [-0.2, 0) is 4.79 Å². The number of alkyl halides is 2. The van der Waals surface area contributed by atoms with Crippen LogP contribution in [0.3, 0.4) is 0 Å². The second-order valence-electron chi connectivity index (χ2n) is 4.21. The van der Waals surface area contributed by atoms with Crippen LogP contribution in [0.5, 0.6) is 0 Å². The molecule has 0 spiro atoms. The van der Waals surface area contributed by atoms with E-state index >= 15 is 0 Å². The summed E-state index contributed by atoms with van der Waals surface area (Å²) < 4.78 is 26.6. The fourth-order valence-electron chi connectivity index (χ4n) is 2.27. The van der Waals surface area contributed by atoms with Crippen LogP contribution in [0, 0.1) is 5.92 Å². The van der Waals surface area contributed by atoms with Crippen molar-refractivity contribution in [2.45, 2.75) is 31.1 Å². The summed E-state index contributed by atoms with van der Waals surface area (Å²) in [5.41, 5.74) is 0.733. The Morgan fingerprint density at radius 1 is 1.56 bits per heavy atom. The molecule has 2 rings (SSSR count). The van der Waals surface area contributed by atoms with E-state index in [1.807, 2.05) is 0 Å². The number of aliphatic carboxylic acids is 1. The number of hydrogen-bond acceptors (Lipinski definition) is 2. The normalized spacial score (nSPS) is 28.9. The number of rotatable bonds is 2. The lowest BCUT2D eigenvalue weighted by atomic mass is 9.74. The van der Waals surface area contributed by atoms with E-state index in [1.165, 1.54) is 11.3 Å². The topological polar surface area (TPSA) is 37.3 Å². The molecule has 1 fully saturated rings. The van der Waals surface area contributed by atoms with Gasteiger partial charge in [-0.2, -0.15) is 11.3 Å². The molecular formula is C11H12F2O2S. The number of halogens is 2. The highest BCUT2D eigenvalue weighted by molar-refractivity contribution is 7.08. The molecule has 16 heavy (non-hydrogen) atoms. The van der Waals surface area contributed by atoms with Crippen LogP contribution >= 0.6 is 11.3 Å². The molecule has 1 saturated carbocycles. The molecule has 1 aliphatic rings. The van der Waals surface area contributed by atoms with E-state index < -0.39 is 23.7 Å².